The van der Waals surface area contributed by atoms with Gasteiger partial charge in [-0.25, -0.2) is 4.90 Å². The van der Waals surface area contributed by atoms with Crippen LogP contribution in [0.15, 0.2) is 95.7 Å². The second-order valence-corrected chi connectivity index (χ2v) is 9.18. The molecule has 0 radical (unpaired) electrons. The number of carbonyl (C=O) groups excluding carboxylic acids is 3. The maximum atomic E-state index is 14.1. The Morgan fingerprint density at radius 3 is 2.43 bits per heavy atom. The van der Waals surface area contributed by atoms with Crippen LogP contribution in [0.3, 0.4) is 0 Å². The molecule has 0 bridgehead atoms. The summed E-state index contributed by atoms with van der Waals surface area (Å²) in [5, 5.41) is 1.77. The van der Waals surface area contributed by atoms with E-state index in [1.54, 1.807) is 18.2 Å². The lowest BCUT2D eigenvalue weighted by Gasteiger charge is -2.35. The molecule has 0 N–H and O–H groups in total. The van der Waals surface area contributed by atoms with Crippen molar-refractivity contribution in [3.05, 3.63) is 108 Å². The van der Waals surface area contributed by atoms with E-state index >= 15 is 0 Å². The van der Waals surface area contributed by atoms with Gasteiger partial charge < -0.3 is 9.32 Å². The van der Waals surface area contributed by atoms with E-state index < -0.39 is 23.9 Å². The fraction of sp³-hybridized carbons (Fsp3) is 0.138. The van der Waals surface area contributed by atoms with Gasteiger partial charge >= 0.3 is 0 Å². The number of fused-ring (bicyclic) bond motifs is 6. The summed E-state index contributed by atoms with van der Waals surface area (Å²) in [6, 6.07) is 23.1. The van der Waals surface area contributed by atoms with Crippen LogP contribution in [0.1, 0.15) is 27.7 Å². The van der Waals surface area contributed by atoms with Gasteiger partial charge in [-0.05, 0) is 40.8 Å². The molecule has 3 aliphatic heterocycles. The van der Waals surface area contributed by atoms with Crippen LogP contribution in [-0.4, -0.2) is 28.5 Å². The zero-order chi connectivity index (χ0) is 23.7. The molecule has 3 aromatic carbocycles. The summed E-state index contributed by atoms with van der Waals surface area (Å²) in [6.45, 7) is 0. The molecule has 3 aliphatic rings. The van der Waals surface area contributed by atoms with Gasteiger partial charge in [0.15, 0.2) is 5.76 Å². The third kappa shape index (κ3) is 2.68. The Labute approximate surface area is 201 Å². The smallest absolute Gasteiger partial charge is 0.240 e. The number of ketones is 1. The molecule has 0 unspecified atom stereocenters. The number of rotatable bonds is 3. The quantitative estimate of drug-likeness (QED) is 0.324. The Morgan fingerprint density at radius 1 is 0.800 bits per heavy atom. The van der Waals surface area contributed by atoms with E-state index in [9.17, 15) is 14.4 Å². The van der Waals surface area contributed by atoms with Crippen LogP contribution in [0.2, 0.25) is 0 Å². The van der Waals surface area contributed by atoms with Crippen molar-refractivity contribution in [3.63, 3.8) is 0 Å². The van der Waals surface area contributed by atoms with E-state index in [4.69, 9.17) is 4.42 Å². The maximum Gasteiger partial charge on any atom is 0.240 e. The molecule has 170 valence electrons. The highest BCUT2D eigenvalue weighted by molar-refractivity contribution is 6.27. The van der Waals surface area contributed by atoms with Gasteiger partial charge in [0.2, 0.25) is 17.6 Å². The number of hydrogen-bond donors (Lipinski definition) is 0. The largest absolute Gasteiger partial charge is 0.461 e. The average molecular weight is 460 g/mol. The number of anilines is 1. The molecular formula is C29H20N2O4. The van der Waals surface area contributed by atoms with Crippen molar-refractivity contribution in [2.75, 3.05) is 4.90 Å². The number of nitrogens with zero attached hydrogens (tertiary/aromatic N) is 2. The summed E-state index contributed by atoms with van der Waals surface area (Å²) in [4.78, 5) is 45.0. The number of carbonyl (C=O) groups is 3. The van der Waals surface area contributed by atoms with Crippen molar-refractivity contribution in [3.8, 4) is 0 Å². The van der Waals surface area contributed by atoms with Crippen LogP contribution in [0, 0.1) is 11.8 Å². The molecule has 0 aliphatic carbocycles. The van der Waals surface area contributed by atoms with Gasteiger partial charge in [0, 0.05) is 11.6 Å². The maximum absolute atomic E-state index is 14.1. The molecule has 1 aromatic heterocycles. The summed E-state index contributed by atoms with van der Waals surface area (Å²) in [5.41, 5.74) is 2.49. The monoisotopic (exact) mass is 460 g/mol. The van der Waals surface area contributed by atoms with Crippen LogP contribution in [-0.2, 0) is 9.59 Å². The van der Waals surface area contributed by atoms with Crippen molar-refractivity contribution in [2.24, 2.45) is 11.8 Å². The van der Waals surface area contributed by atoms with Crippen LogP contribution in [0.5, 0.6) is 0 Å². The van der Waals surface area contributed by atoms with Crippen LogP contribution >= 0.6 is 0 Å². The third-order valence-corrected chi connectivity index (χ3v) is 7.50. The second kappa shape index (κ2) is 7.27. The van der Waals surface area contributed by atoms with E-state index in [0.717, 1.165) is 21.9 Å². The minimum absolute atomic E-state index is 0.186. The minimum Gasteiger partial charge on any atom is -0.461 e. The minimum atomic E-state index is -0.836. The Morgan fingerprint density at radius 2 is 1.57 bits per heavy atom. The number of hydrogen-bond acceptors (Lipinski definition) is 5. The Hall–Kier alpha value is -4.45. The molecule has 6 heteroatoms. The number of Topliss-reactive ketones (excluding diaryl/α,β-unsaturated/α-hetero) is 1. The van der Waals surface area contributed by atoms with E-state index in [1.165, 1.54) is 11.2 Å². The van der Waals surface area contributed by atoms with E-state index in [-0.39, 0.29) is 23.4 Å². The Bertz CT molecular complexity index is 1550. The van der Waals surface area contributed by atoms with Gasteiger partial charge in [-0.2, -0.15) is 0 Å². The Balaban J connectivity index is 1.41. The predicted octanol–water partition coefficient (Wildman–Crippen LogP) is 4.83. The van der Waals surface area contributed by atoms with Crippen molar-refractivity contribution >= 4 is 40.1 Å². The van der Waals surface area contributed by atoms with Gasteiger partial charge in [0.05, 0.1) is 29.8 Å². The third-order valence-electron chi connectivity index (χ3n) is 7.50. The molecule has 6 nitrogen and oxygen atoms in total. The van der Waals surface area contributed by atoms with E-state index in [2.05, 4.69) is 0 Å². The summed E-state index contributed by atoms with van der Waals surface area (Å²) in [6.07, 6.45) is 5.23. The van der Waals surface area contributed by atoms with E-state index in [0.29, 0.717) is 5.69 Å². The first-order chi connectivity index (χ1) is 17.1. The number of furan rings is 1. The van der Waals surface area contributed by atoms with Crippen LogP contribution < -0.4 is 4.90 Å². The lowest BCUT2D eigenvalue weighted by atomic mass is 9.84. The summed E-state index contributed by atoms with van der Waals surface area (Å²) in [7, 11) is 0. The molecule has 4 heterocycles. The normalized spacial score (nSPS) is 24.6. The van der Waals surface area contributed by atoms with Crippen molar-refractivity contribution in [2.45, 2.75) is 12.1 Å². The summed E-state index contributed by atoms with van der Waals surface area (Å²) in [5.74, 6) is -2.23. The SMILES string of the molecule is O=C(c1ccco1)[C@@H]1[C@@H]2C(=O)N(c3cccc4ccccc34)C(=O)[C@H]2[C@H]2c3ccccc3C=CN12. The fourth-order valence-electron chi connectivity index (χ4n) is 6.06. The second-order valence-electron chi connectivity index (χ2n) is 9.18. The molecule has 35 heavy (non-hydrogen) atoms. The highest BCUT2D eigenvalue weighted by Crippen LogP contribution is 2.54. The molecular weight excluding hydrogens is 440 g/mol. The molecule has 4 atom stereocenters. The van der Waals surface area contributed by atoms with E-state index in [1.807, 2.05) is 77.8 Å². The molecule has 0 saturated carbocycles. The van der Waals surface area contributed by atoms with Crippen LogP contribution in [0.25, 0.3) is 16.8 Å². The number of amides is 2. The molecule has 2 fully saturated rings. The number of benzene rings is 3. The van der Waals surface area contributed by atoms with Gasteiger partial charge in [-0.3, -0.25) is 14.4 Å². The lowest BCUT2D eigenvalue weighted by molar-refractivity contribution is -0.123. The fourth-order valence-corrected chi connectivity index (χ4v) is 6.06. The topological polar surface area (TPSA) is 70.8 Å². The summed E-state index contributed by atoms with van der Waals surface area (Å²) < 4.78 is 5.43. The van der Waals surface area contributed by atoms with Crippen molar-refractivity contribution < 1.29 is 18.8 Å². The first kappa shape index (κ1) is 20.0. The first-order valence-electron chi connectivity index (χ1n) is 11.6. The molecule has 4 aromatic rings. The molecule has 2 saturated heterocycles. The zero-order valence-electron chi connectivity index (χ0n) is 18.6. The zero-order valence-corrected chi connectivity index (χ0v) is 18.6. The lowest BCUT2D eigenvalue weighted by Crippen LogP contribution is -2.44. The van der Waals surface area contributed by atoms with Crippen LogP contribution in [0.4, 0.5) is 5.69 Å². The standard InChI is InChI=1S/C29H20N2O4/c32-27(22-13-6-16-35-22)26-24-23(25-20-11-4-2-8-18(20)14-15-30(25)26)28(33)31(29(24)34)21-12-5-9-17-7-1-3-10-19(17)21/h1-16,23-26H/t23-,24-,25-,26+/m1/s1. The predicted molar refractivity (Wildman–Crippen MR) is 130 cm³/mol. The molecule has 2 amide bonds. The molecule has 7 rings (SSSR count). The first-order valence-corrected chi connectivity index (χ1v) is 11.6. The van der Waals surface area contributed by atoms with Gasteiger partial charge in [0.1, 0.15) is 6.04 Å². The van der Waals surface area contributed by atoms with Gasteiger partial charge in [-0.1, -0.05) is 60.7 Å². The highest BCUT2D eigenvalue weighted by atomic mass is 16.3. The average Bonchev–Trinajstić information content (AvgIpc) is 3.60. The van der Waals surface area contributed by atoms with Crippen molar-refractivity contribution in [1.82, 2.24) is 4.90 Å². The van der Waals surface area contributed by atoms with Crippen molar-refractivity contribution in [1.29, 1.82) is 0 Å². The Kier molecular flexibility index (Phi) is 4.15. The summed E-state index contributed by atoms with van der Waals surface area (Å²) >= 11 is 0. The van der Waals surface area contributed by atoms with Gasteiger partial charge in [0.25, 0.3) is 0 Å². The van der Waals surface area contributed by atoms with Gasteiger partial charge in [-0.15, -0.1) is 0 Å². The molecule has 0 spiro atoms. The highest BCUT2D eigenvalue weighted by Gasteiger charge is 2.65. The number of imide groups is 1.